The Bertz CT molecular complexity index is 282. The van der Waals surface area contributed by atoms with E-state index in [1.165, 1.54) is 11.5 Å². The van der Waals surface area contributed by atoms with Crippen LogP contribution in [0.25, 0.3) is 0 Å². The van der Waals surface area contributed by atoms with Crippen molar-refractivity contribution in [3.63, 3.8) is 0 Å². The molecule has 1 aromatic heterocycles. The molecule has 0 fully saturated rings. The smallest absolute Gasteiger partial charge is 0.202 e. The fraction of sp³-hybridized carbons (Fsp3) is 0.778. The van der Waals surface area contributed by atoms with Gasteiger partial charge in [-0.3, -0.25) is 0 Å². The molecule has 0 saturated carbocycles. The van der Waals surface area contributed by atoms with E-state index in [2.05, 4.69) is 28.5 Å². The van der Waals surface area contributed by atoms with Crippen LogP contribution in [0.1, 0.15) is 26.1 Å². The number of nitrogens with two attached hydrogens (primary N) is 1. The molecule has 0 amide bonds. The van der Waals surface area contributed by atoms with Gasteiger partial charge in [-0.25, -0.2) is 4.98 Å². The number of rotatable bonds is 5. The van der Waals surface area contributed by atoms with Gasteiger partial charge in [-0.2, -0.15) is 4.37 Å². The van der Waals surface area contributed by atoms with Crippen LogP contribution in [0.3, 0.4) is 0 Å². The number of aryl methyl sites for hydroxylation is 1. The Morgan fingerprint density at radius 3 is 2.71 bits per heavy atom. The maximum absolute atomic E-state index is 5.53. The minimum absolute atomic E-state index is 0.217. The van der Waals surface area contributed by atoms with Crippen molar-refractivity contribution in [1.82, 2.24) is 9.36 Å². The Hall–Kier alpha value is -0.680. The van der Waals surface area contributed by atoms with Crippen molar-refractivity contribution in [3.05, 3.63) is 5.82 Å². The second-order valence-corrected chi connectivity index (χ2v) is 4.96. The van der Waals surface area contributed by atoms with E-state index in [0.29, 0.717) is 0 Å². The first-order valence-electron chi connectivity index (χ1n) is 4.78. The van der Waals surface area contributed by atoms with E-state index < -0.39 is 0 Å². The van der Waals surface area contributed by atoms with E-state index in [9.17, 15) is 0 Å². The molecule has 14 heavy (non-hydrogen) atoms. The highest BCUT2D eigenvalue weighted by molar-refractivity contribution is 7.09. The normalized spacial score (nSPS) is 11.7. The van der Waals surface area contributed by atoms with Gasteiger partial charge in [0.2, 0.25) is 5.13 Å². The summed E-state index contributed by atoms with van der Waals surface area (Å²) in [5.74, 6) is 0.828. The lowest BCUT2D eigenvalue weighted by molar-refractivity contribution is 0.365. The third-order valence-electron chi connectivity index (χ3n) is 2.07. The molecule has 1 heterocycles. The van der Waals surface area contributed by atoms with Crippen LogP contribution in [0.2, 0.25) is 0 Å². The summed E-state index contributed by atoms with van der Waals surface area (Å²) < 4.78 is 4.11. The van der Waals surface area contributed by atoms with Gasteiger partial charge in [0.1, 0.15) is 5.82 Å². The summed E-state index contributed by atoms with van der Waals surface area (Å²) >= 11 is 1.40. The Morgan fingerprint density at radius 2 is 2.21 bits per heavy atom. The monoisotopic (exact) mass is 214 g/mol. The van der Waals surface area contributed by atoms with E-state index in [4.69, 9.17) is 5.73 Å². The van der Waals surface area contributed by atoms with Crippen molar-refractivity contribution >= 4 is 16.7 Å². The molecular formula is C9H18N4S. The molecule has 1 rings (SSSR count). The topological polar surface area (TPSA) is 63.8 Å². The Balaban J connectivity index is 2.40. The molecule has 0 saturated heterocycles. The van der Waals surface area contributed by atoms with Gasteiger partial charge in [0.25, 0.3) is 0 Å². The third-order valence-corrected chi connectivity index (χ3v) is 2.83. The molecule has 1 aromatic rings. The van der Waals surface area contributed by atoms with Crippen molar-refractivity contribution in [2.75, 3.05) is 18.4 Å². The minimum Gasteiger partial charge on any atom is -0.360 e. The van der Waals surface area contributed by atoms with Gasteiger partial charge in [0.05, 0.1) is 0 Å². The molecule has 4 nitrogen and oxygen atoms in total. The van der Waals surface area contributed by atoms with Crippen LogP contribution >= 0.6 is 11.5 Å². The minimum atomic E-state index is 0.217. The van der Waals surface area contributed by atoms with Crippen molar-refractivity contribution in [2.45, 2.75) is 27.2 Å². The fourth-order valence-corrected chi connectivity index (χ4v) is 1.73. The lowest BCUT2D eigenvalue weighted by Crippen LogP contribution is -2.26. The standard InChI is InChI=1S/C9H18N4S/c1-7-12-8(14-13-7)11-6-9(2,3)4-5-10/h4-6,10H2,1-3H3,(H,11,12,13). The Morgan fingerprint density at radius 1 is 1.50 bits per heavy atom. The summed E-state index contributed by atoms with van der Waals surface area (Å²) in [5.41, 5.74) is 5.75. The number of hydrogen-bond acceptors (Lipinski definition) is 5. The molecule has 0 atom stereocenters. The summed E-state index contributed by atoms with van der Waals surface area (Å²) in [7, 11) is 0. The molecule has 0 aliphatic carbocycles. The highest BCUT2D eigenvalue weighted by atomic mass is 32.1. The fourth-order valence-electron chi connectivity index (χ4n) is 1.16. The van der Waals surface area contributed by atoms with Gasteiger partial charge in [-0.15, -0.1) is 0 Å². The van der Waals surface area contributed by atoms with E-state index in [0.717, 1.165) is 30.5 Å². The number of nitrogens with zero attached hydrogens (tertiary/aromatic N) is 2. The summed E-state index contributed by atoms with van der Waals surface area (Å²) in [6.07, 6.45) is 1.01. The zero-order valence-electron chi connectivity index (χ0n) is 9.00. The van der Waals surface area contributed by atoms with Gasteiger partial charge >= 0.3 is 0 Å². The average molecular weight is 214 g/mol. The molecular weight excluding hydrogens is 196 g/mol. The number of anilines is 1. The number of nitrogens with one attached hydrogen (secondary N) is 1. The largest absolute Gasteiger partial charge is 0.360 e. The lowest BCUT2D eigenvalue weighted by Gasteiger charge is -2.23. The van der Waals surface area contributed by atoms with Gasteiger partial charge in [0.15, 0.2) is 0 Å². The van der Waals surface area contributed by atoms with E-state index >= 15 is 0 Å². The molecule has 0 aliphatic rings. The van der Waals surface area contributed by atoms with Crippen molar-refractivity contribution < 1.29 is 0 Å². The summed E-state index contributed by atoms with van der Waals surface area (Å²) in [6.45, 7) is 7.90. The summed E-state index contributed by atoms with van der Waals surface area (Å²) in [4.78, 5) is 4.24. The molecule has 0 bridgehead atoms. The second kappa shape index (κ2) is 4.70. The van der Waals surface area contributed by atoms with Crippen LogP contribution in [0.15, 0.2) is 0 Å². The number of aromatic nitrogens is 2. The molecule has 3 N–H and O–H groups in total. The Kier molecular flexibility index (Phi) is 3.83. The Labute approximate surface area is 89.1 Å². The molecule has 0 aromatic carbocycles. The lowest BCUT2D eigenvalue weighted by atomic mass is 9.89. The molecule has 0 spiro atoms. The van der Waals surface area contributed by atoms with Gasteiger partial charge in [-0.1, -0.05) is 13.8 Å². The maximum Gasteiger partial charge on any atom is 0.202 e. The van der Waals surface area contributed by atoms with Crippen LogP contribution in [0, 0.1) is 12.3 Å². The predicted molar refractivity (Wildman–Crippen MR) is 60.6 cm³/mol. The van der Waals surface area contributed by atoms with Gasteiger partial charge in [0, 0.05) is 18.1 Å². The van der Waals surface area contributed by atoms with Crippen LogP contribution in [-0.2, 0) is 0 Å². The first-order valence-corrected chi connectivity index (χ1v) is 5.55. The molecule has 0 radical (unpaired) electrons. The zero-order valence-corrected chi connectivity index (χ0v) is 9.82. The zero-order chi connectivity index (χ0) is 10.6. The number of hydrogen-bond donors (Lipinski definition) is 2. The van der Waals surface area contributed by atoms with Gasteiger partial charge in [-0.05, 0) is 25.3 Å². The third kappa shape index (κ3) is 3.59. The molecule has 80 valence electrons. The average Bonchev–Trinajstić information content (AvgIpc) is 2.48. The van der Waals surface area contributed by atoms with Crippen LogP contribution in [0.4, 0.5) is 5.13 Å². The van der Waals surface area contributed by atoms with Gasteiger partial charge < -0.3 is 11.1 Å². The van der Waals surface area contributed by atoms with Crippen molar-refractivity contribution in [2.24, 2.45) is 11.1 Å². The van der Waals surface area contributed by atoms with E-state index in [1.807, 2.05) is 6.92 Å². The van der Waals surface area contributed by atoms with Crippen molar-refractivity contribution in [3.8, 4) is 0 Å². The summed E-state index contributed by atoms with van der Waals surface area (Å²) in [6, 6.07) is 0. The highest BCUT2D eigenvalue weighted by Crippen LogP contribution is 2.20. The predicted octanol–water partition coefficient (Wildman–Crippen LogP) is 1.63. The highest BCUT2D eigenvalue weighted by Gasteiger charge is 2.16. The SMILES string of the molecule is Cc1nsc(NCC(C)(C)CCN)n1. The van der Waals surface area contributed by atoms with Crippen LogP contribution in [-0.4, -0.2) is 22.4 Å². The molecule has 5 heteroatoms. The molecule has 0 aliphatic heterocycles. The second-order valence-electron chi connectivity index (χ2n) is 4.20. The van der Waals surface area contributed by atoms with E-state index in [1.54, 1.807) is 0 Å². The molecule has 0 unspecified atom stereocenters. The maximum atomic E-state index is 5.53. The van der Waals surface area contributed by atoms with Crippen LogP contribution < -0.4 is 11.1 Å². The first kappa shape index (κ1) is 11.4. The summed E-state index contributed by atoms with van der Waals surface area (Å²) in [5, 5.41) is 4.18. The van der Waals surface area contributed by atoms with Crippen molar-refractivity contribution in [1.29, 1.82) is 0 Å². The quantitative estimate of drug-likeness (QED) is 0.782. The van der Waals surface area contributed by atoms with E-state index in [-0.39, 0.29) is 5.41 Å². The first-order chi connectivity index (χ1) is 6.53. The van der Waals surface area contributed by atoms with Crippen LogP contribution in [0.5, 0.6) is 0 Å².